The van der Waals surface area contributed by atoms with E-state index in [1.807, 2.05) is 42.5 Å². The Morgan fingerprint density at radius 1 is 0.620 bits per heavy atom. The third-order valence-corrected chi connectivity index (χ3v) is 9.10. The Balaban J connectivity index is 1.10. The average Bonchev–Trinajstić information content (AvgIpc) is 3.55. The number of nitrogens with zero attached hydrogens (tertiary/aromatic N) is 1. The summed E-state index contributed by atoms with van der Waals surface area (Å²) in [6, 6.07) is 21.5. The van der Waals surface area contributed by atoms with Crippen LogP contribution < -0.4 is 14.2 Å². The molecule has 1 N–H and O–H groups in total. The average molecular weight is 680 g/mol. The highest BCUT2D eigenvalue weighted by Crippen LogP contribution is 2.35. The van der Waals surface area contributed by atoms with Gasteiger partial charge >= 0.3 is 5.97 Å². The first-order chi connectivity index (χ1) is 24.5. The third kappa shape index (κ3) is 11.0. The number of unbranched alkanes of at least 4 members (excludes halogenated alkanes) is 13. The molecule has 0 saturated carbocycles. The molecule has 0 unspecified atom stereocenters. The van der Waals surface area contributed by atoms with Crippen molar-refractivity contribution in [1.29, 1.82) is 0 Å². The zero-order valence-corrected chi connectivity index (χ0v) is 29.9. The highest BCUT2D eigenvalue weighted by Gasteiger charge is 2.16. The Bertz CT molecular complexity index is 1790. The molecule has 5 rings (SSSR count). The van der Waals surface area contributed by atoms with Crippen LogP contribution in [-0.4, -0.2) is 29.3 Å². The van der Waals surface area contributed by atoms with E-state index in [1.165, 1.54) is 89.5 Å². The molecular formula is C43H53NO6. The maximum Gasteiger partial charge on any atom is 0.343 e. The zero-order valence-electron chi connectivity index (χ0n) is 29.9. The SMILES string of the molecule is CCCCCCCCCCCCOc1ccc2nc(-c3ccc(OC(=O)c4ccc5cc(OCCCCCCC)ccc5c4)cc3O)oc2c1. The molecule has 266 valence electrons. The second kappa shape index (κ2) is 19.6. The van der Waals surface area contributed by atoms with Crippen molar-refractivity contribution in [1.82, 2.24) is 4.98 Å². The molecule has 7 nitrogen and oxygen atoms in total. The van der Waals surface area contributed by atoms with E-state index in [0.717, 1.165) is 35.1 Å². The summed E-state index contributed by atoms with van der Waals surface area (Å²) < 4.78 is 23.5. The number of ether oxygens (including phenoxy) is 3. The quantitative estimate of drug-likeness (QED) is 0.0442. The number of phenols is 1. The number of fused-ring (bicyclic) bond motifs is 2. The number of aromatic nitrogens is 1. The van der Waals surface area contributed by atoms with Gasteiger partial charge in [0.1, 0.15) is 28.5 Å². The number of hydrogen-bond acceptors (Lipinski definition) is 7. The first kappa shape index (κ1) is 36.8. The van der Waals surface area contributed by atoms with E-state index in [4.69, 9.17) is 18.6 Å². The van der Waals surface area contributed by atoms with Gasteiger partial charge in [-0.25, -0.2) is 9.78 Å². The molecule has 0 aliphatic heterocycles. The largest absolute Gasteiger partial charge is 0.507 e. The van der Waals surface area contributed by atoms with Crippen molar-refractivity contribution in [3.05, 3.63) is 78.4 Å². The summed E-state index contributed by atoms with van der Waals surface area (Å²) in [5.41, 5.74) is 2.06. The number of carbonyl (C=O) groups excluding carboxylic acids is 1. The van der Waals surface area contributed by atoms with Crippen molar-refractivity contribution in [3.63, 3.8) is 0 Å². The van der Waals surface area contributed by atoms with Gasteiger partial charge in [-0.2, -0.15) is 0 Å². The maximum atomic E-state index is 13.0. The molecule has 7 heteroatoms. The number of hydrogen-bond donors (Lipinski definition) is 1. The molecule has 0 aliphatic carbocycles. The van der Waals surface area contributed by atoms with E-state index in [0.29, 0.717) is 35.4 Å². The lowest BCUT2D eigenvalue weighted by molar-refractivity contribution is 0.0734. The predicted molar refractivity (Wildman–Crippen MR) is 202 cm³/mol. The van der Waals surface area contributed by atoms with Crippen LogP contribution in [0.4, 0.5) is 0 Å². The lowest BCUT2D eigenvalue weighted by Crippen LogP contribution is -2.08. The number of rotatable bonds is 22. The Morgan fingerprint density at radius 2 is 1.18 bits per heavy atom. The fourth-order valence-electron chi connectivity index (χ4n) is 6.15. The smallest absolute Gasteiger partial charge is 0.343 e. The zero-order chi connectivity index (χ0) is 35.0. The number of carbonyl (C=O) groups is 1. The van der Waals surface area contributed by atoms with Gasteiger partial charge in [0.2, 0.25) is 5.89 Å². The van der Waals surface area contributed by atoms with Crippen LogP contribution in [0.5, 0.6) is 23.0 Å². The lowest BCUT2D eigenvalue weighted by atomic mass is 10.1. The number of esters is 1. The molecule has 0 fully saturated rings. The third-order valence-electron chi connectivity index (χ3n) is 9.10. The molecule has 1 heterocycles. The van der Waals surface area contributed by atoms with Gasteiger partial charge in [-0.15, -0.1) is 0 Å². The van der Waals surface area contributed by atoms with Crippen LogP contribution in [0.1, 0.15) is 121 Å². The van der Waals surface area contributed by atoms with Crippen LogP contribution in [0.25, 0.3) is 33.3 Å². The van der Waals surface area contributed by atoms with Crippen LogP contribution in [0.15, 0.2) is 77.2 Å². The van der Waals surface area contributed by atoms with Crippen molar-refractivity contribution in [3.8, 4) is 34.5 Å². The molecule has 50 heavy (non-hydrogen) atoms. The maximum absolute atomic E-state index is 13.0. The monoisotopic (exact) mass is 679 g/mol. The van der Waals surface area contributed by atoms with Gasteiger partial charge in [0.05, 0.1) is 24.3 Å². The molecule has 0 bridgehead atoms. The molecule has 1 aromatic heterocycles. The van der Waals surface area contributed by atoms with E-state index >= 15 is 0 Å². The first-order valence-electron chi connectivity index (χ1n) is 18.8. The molecular weight excluding hydrogens is 626 g/mol. The Labute approximate surface area is 297 Å². The van der Waals surface area contributed by atoms with E-state index in [9.17, 15) is 9.90 Å². The minimum Gasteiger partial charge on any atom is -0.507 e. The number of benzene rings is 4. The molecule has 0 spiro atoms. The van der Waals surface area contributed by atoms with Gasteiger partial charge in [0.25, 0.3) is 0 Å². The second-order valence-corrected chi connectivity index (χ2v) is 13.2. The Kier molecular flexibility index (Phi) is 14.4. The fraction of sp³-hybridized carbons (Fsp3) is 0.442. The molecule has 0 amide bonds. The standard InChI is InChI=1S/C43H53NO6/c1-3-5-7-9-10-11-12-13-15-17-27-48-36-23-25-39-41(31-36)50-42(44-39)38-24-22-37(30-40(38)45)49-43(46)34-19-18-33-29-35(21-20-32(33)28-34)47-26-16-14-8-6-4-2/h18-25,28-31,45H,3-17,26-27H2,1-2H3. The summed E-state index contributed by atoms with van der Waals surface area (Å²) in [6.45, 7) is 5.84. The summed E-state index contributed by atoms with van der Waals surface area (Å²) in [7, 11) is 0. The molecule has 4 aromatic carbocycles. The van der Waals surface area contributed by atoms with Gasteiger partial charge in [-0.3, -0.25) is 0 Å². The van der Waals surface area contributed by atoms with E-state index in [-0.39, 0.29) is 17.4 Å². The molecule has 0 atom stereocenters. The highest BCUT2D eigenvalue weighted by molar-refractivity contribution is 5.96. The van der Waals surface area contributed by atoms with Gasteiger partial charge in [0.15, 0.2) is 5.58 Å². The van der Waals surface area contributed by atoms with Gasteiger partial charge in [-0.1, -0.05) is 109 Å². The topological polar surface area (TPSA) is 91.0 Å². The van der Waals surface area contributed by atoms with Gasteiger partial charge in [-0.05, 0) is 72.1 Å². The molecule has 0 aliphatic rings. The van der Waals surface area contributed by atoms with E-state index < -0.39 is 5.97 Å². The van der Waals surface area contributed by atoms with Crippen molar-refractivity contribution in [2.45, 2.75) is 110 Å². The van der Waals surface area contributed by atoms with Crippen LogP contribution >= 0.6 is 0 Å². The van der Waals surface area contributed by atoms with Crippen LogP contribution in [0, 0.1) is 0 Å². The summed E-state index contributed by atoms with van der Waals surface area (Å²) in [6.07, 6.45) is 18.8. The minimum atomic E-state index is -0.515. The van der Waals surface area contributed by atoms with E-state index in [2.05, 4.69) is 18.8 Å². The summed E-state index contributed by atoms with van der Waals surface area (Å²) in [4.78, 5) is 17.6. The minimum absolute atomic E-state index is 0.101. The van der Waals surface area contributed by atoms with Crippen LogP contribution in [-0.2, 0) is 0 Å². The predicted octanol–water partition coefficient (Wildman–Crippen LogP) is 12.2. The number of aromatic hydroxyl groups is 1. The first-order valence-corrected chi connectivity index (χ1v) is 18.8. The molecule has 5 aromatic rings. The summed E-state index contributed by atoms with van der Waals surface area (Å²) >= 11 is 0. The van der Waals surface area contributed by atoms with Crippen molar-refractivity contribution in [2.24, 2.45) is 0 Å². The van der Waals surface area contributed by atoms with Gasteiger partial charge < -0.3 is 23.7 Å². The van der Waals surface area contributed by atoms with Crippen molar-refractivity contribution < 1.29 is 28.5 Å². The lowest BCUT2D eigenvalue weighted by Gasteiger charge is -2.09. The highest BCUT2D eigenvalue weighted by atomic mass is 16.5. The number of phenolic OH excluding ortho intramolecular Hbond substituents is 1. The van der Waals surface area contributed by atoms with Gasteiger partial charge in [0, 0.05) is 12.1 Å². The van der Waals surface area contributed by atoms with Crippen LogP contribution in [0.2, 0.25) is 0 Å². The summed E-state index contributed by atoms with van der Waals surface area (Å²) in [5, 5.41) is 12.7. The Morgan fingerprint density at radius 3 is 1.84 bits per heavy atom. The van der Waals surface area contributed by atoms with E-state index in [1.54, 1.807) is 24.3 Å². The molecule has 0 saturated heterocycles. The van der Waals surface area contributed by atoms with Crippen LogP contribution in [0.3, 0.4) is 0 Å². The second-order valence-electron chi connectivity index (χ2n) is 13.2. The number of oxazole rings is 1. The van der Waals surface area contributed by atoms with Crippen molar-refractivity contribution in [2.75, 3.05) is 13.2 Å². The normalized spacial score (nSPS) is 11.3. The summed E-state index contributed by atoms with van der Waals surface area (Å²) in [5.74, 6) is 1.44. The Hall–Kier alpha value is -4.52. The fourth-order valence-corrected chi connectivity index (χ4v) is 6.15. The molecule has 0 radical (unpaired) electrons. The van der Waals surface area contributed by atoms with Crippen molar-refractivity contribution >= 4 is 27.8 Å².